The van der Waals surface area contributed by atoms with Gasteiger partial charge in [-0.1, -0.05) is 23.4 Å². The van der Waals surface area contributed by atoms with E-state index < -0.39 is 27.9 Å². The molecule has 2 aliphatic rings. The number of amides is 1. The van der Waals surface area contributed by atoms with E-state index in [1.54, 1.807) is 6.92 Å². The molecule has 2 fully saturated rings. The molecule has 2 aliphatic carbocycles. The highest BCUT2D eigenvalue weighted by molar-refractivity contribution is 8.00. The predicted octanol–water partition coefficient (Wildman–Crippen LogP) is 5.28. The fraction of sp³-hybridized carbons (Fsp3) is 0.500. The monoisotopic (exact) mass is 430 g/mol. The Balaban J connectivity index is 1.46. The molecule has 0 spiro atoms. The molecule has 1 N–H and O–H groups in total. The molecule has 1 atom stereocenters. The summed E-state index contributed by atoms with van der Waals surface area (Å²) in [7, 11) is 0. The van der Waals surface area contributed by atoms with Crippen LogP contribution in [0, 0.1) is 0 Å². The highest BCUT2D eigenvalue weighted by Crippen LogP contribution is 2.46. The molecule has 28 heavy (non-hydrogen) atoms. The Morgan fingerprint density at radius 2 is 2.00 bits per heavy atom. The van der Waals surface area contributed by atoms with Crippen LogP contribution in [0.3, 0.4) is 0 Å². The smallest absolute Gasteiger partial charge is 0.325 e. The normalized spacial score (nSPS) is 18.2. The fourth-order valence-corrected chi connectivity index (χ4v) is 4.09. The molecule has 2 aromatic rings. The van der Waals surface area contributed by atoms with Crippen molar-refractivity contribution in [1.82, 2.24) is 14.8 Å². The van der Waals surface area contributed by atoms with Gasteiger partial charge in [-0.3, -0.25) is 4.79 Å². The molecule has 0 aliphatic heterocycles. The zero-order chi connectivity index (χ0) is 20.1. The van der Waals surface area contributed by atoms with Crippen LogP contribution >= 0.6 is 23.4 Å². The van der Waals surface area contributed by atoms with E-state index in [4.69, 9.17) is 11.6 Å². The lowest BCUT2D eigenvalue weighted by Gasteiger charge is -2.15. The minimum Gasteiger partial charge on any atom is -0.325 e. The molecule has 0 saturated heterocycles. The maximum Gasteiger partial charge on any atom is 0.417 e. The first-order valence-corrected chi connectivity index (χ1v) is 10.3. The van der Waals surface area contributed by atoms with Gasteiger partial charge in [-0.05, 0) is 50.8 Å². The van der Waals surface area contributed by atoms with Crippen molar-refractivity contribution >= 4 is 35.0 Å². The lowest BCUT2D eigenvalue weighted by Crippen LogP contribution is -2.23. The zero-order valence-electron chi connectivity index (χ0n) is 15.0. The van der Waals surface area contributed by atoms with Crippen molar-refractivity contribution in [2.24, 2.45) is 0 Å². The van der Waals surface area contributed by atoms with Gasteiger partial charge >= 0.3 is 6.18 Å². The molecule has 0 bridgehead atoms. The summed E-state index contributed by atoms with van der Waals surface area (Å²) in [5.74, 6) is 1.05. The number of carbonyl (C=O) groups excluding carboxylic acids is 1. The molecule has 1 amide bonds. The van der Waals surface area contributed by atoms with Crippen LogP contribution in [0.2, 0.25) is 5.02 Å². The standard InChI is InChI=1S/C18H18ClF3N4OS/c1-9(16(27)23-11-4-7-14(19)13(8-11)18(20,21)22)28-17-25-24-15(10-2-3-10)26(17)12-5-6-12/h4,7-10,12H,2-3,5-6H2,1H3,(H,23,27). The van der Waals surface area contributed by atoms with Crippen LogP contribution in [0.1, 0.15) is 56.0 Å². The van der Waals surface area contributed by atoms with E-state index in [-0.39, 0.29) is 5.69 Å². The Morgan fingerprint density at radius 3 is 2.61 bits per heavy atom. The minimum absolute atomic E-state index is 0.0523. The van der Waals surface area contributed by atoms with Gasteiger partial charge in [-0.15, -0.1) is 10.2 Å². The summed E-state index contributed by atoms with van der Waals surface area (Å²) in [6.45, 7) is 1.70. The number of halogens is 4. The van der Waals surface area contributed by atoms with Crippen LogP contribution in [0.25, 0.3) is 0 Å². The number of alkyl halides is 3. The average molecular weight is 431 g/mol. The number of hydrogen-bond donors (Lipinski definition) is 1. The fourth-order valence-electron chi connectivity index (χ4n) is 2.94. The van der Waals surface area contributed by atoms with Crippen LogP contribution in [0.4, 0.5) is 18.9 Å². The van der Waals surface area contributed by atoms with E-state index in [1.807, 2.05) is 0 Å². The third kappa shape index (κ3) is 4.15. The predicted molar refractivity (Wildman–Crippen MR) is 101 cm³/mol. The molecule has 1 heterocycles. The molecule has 150 valence electrons. The minimum atomic E-state index is -4.59. The summed E-state index contributed by atoms with van der Waals surface area (Å²) >= 11 is 6.89. The summed E-state index contributed by atoms with van der Waals surface area (Å²) < 4.78 is 41.1. The summed E-state index contributed by atoms with van der Waals surface area (Å²) in [5.41, 5.74) is -0.925. The molecule has 4 rings (SSSR count). The van der Waals surface area contributed by atoms with Crippen LogP contribution < -0.4 is 5.32 Å². The lowest BCUT2D eigenvalue weighted by atomic mass is 10.2. The lowest BCUT2D eigenvalue weighted by molar-refractivity contribution is -0.137. The number of anilines is 1. The molecule has 5 nitrogen and oxygen atoms in total. The maximum atomic E-state index is 13.0. The van der Waals surface area contributed by atoms with E-state index in [1.165, 1.54) is 17.8 Å². The highest BCUT2D eigenvalue weighted by atomic mass is 35.5. The molecular formula is C18H18ClF3N4OS. The SMILES string of the molecule is CC(Sc1nnc(C2CC2)n1C1CC1)C(=O)Nc1ccc(Cl)c(C(F)(F)F)c1. The van der Waals surface area contributed by atoms with Crippen LogP contribution in [0.15, 0.2) is 23.4 Å². The number of nitrogens with zero attached hydrogens (tertiary/aromatic N) is 3. The van der Waals surface area contributed by atoms with Gasteiger partial charge in [0.1, 0.15) is 5.82 Å². The average Bonchev–Trinajstić information content (AvgIpc) is 3.54. The summed E-state index contributed by atoms with van der Waals surface area (Å²) in [5, 5.41) is 10.8. The van der Waals surface area contributed by atoms with Gasteiger partial charge in [0.2, 0.25) is 5.91 Å². The Bertz CT molecular complexity index is 909. The van der Waals surface area contributed by atoms with Gasteiger partial charge in [0.25, 0.3) is 0 Å². The quantitative estimate of drug-likeness (QED) is 0.633. The Hall–Kier alpha value is -1.74. The first-order chi connectivity index (χ1) is 13.2. The second-order valence-corrected chi connectivity index (χ2v) is 8.87. The largest absolute Gasteiger partial charge is 0.417 e. The molecule has 0 radical (unpaired) electrons. The van der Waals surface area contributed by atoms with E-state index in [0.717, 1.165) is 43.6 Å². The second kappa shape index (κ2) is 7.26. The van der Waals surface area contributed by atoms with E-state index in [0.29, 0.717) is 17.1 Å². The summed E-state index contributed by atoms with van der Waals surface area (Å²) in [6, 6.07) is 3.72. The molecule has 1 aromatic heterocycles. The summed E-state index contributed by atoms with van der Waals surface area (Å²) in [6.07, 6.45) is -0.195. The third-order valence-corrected chi connectivity index (χ3v) is 6.12. The van der Waals surface area contributed by atoms with Crippen molar-refractivity contribution in [2.75, 3.05) is 5.32 Å². The number of carbonyl (C=O) groups is 1. The topological polar surface area (TPSA) is 59.8 Å². The van der Waals surface area contributed by atoms with Crippen molar-refractivity contribution in [3.05, 3.63) is 34.6 Å². The Kier molecular flexibility index (Phi) is 5.07. The number of nitrogens with one attached hydrogen (secondary N) is 1. The van der Waals surface area contributed by atoms with Crippen molar-refractivity contribution in [2.45, 2.75) is 61.1 Å². The zero-order valence-corrected chi connectivity index (χ0v) is 16.5. The van der Waals surface area contributed by atoms with E-state index in [9.17, 15) is 18.0 Å². The molecule has 2 saturated carbocycles. The van der Waals surface area contributed by atoms with Crippen LogP contribution in [-0.2, 0) is 11.0 Å². The van der Waals surface area contributed by atoms with Gasteiger partial charge in [-0.2, -0.15) is 13.2 Å². The van der Waals surface area contributed by atoms with Crippen LogP contribution in [-0.4, -0.2) is 25.9 Å². The second-order valence-electron chi connectivity index (χ2n) is 7.16. The highest BCUT2D eigenvalue weighted by Gasteiger charge is 2.37. The van der Waals surface area contributed by atoms with Gasteiger partial charge in [0.15, 0.2) is 5.16 Å². The number of aromatic nitrogens is 3. The third-order valence-electron chi connectivity index (χ3n) is 4.74. The van der Waals surface area contributed by atoms with Crippen LogP contribution in [0.5, 0.6) is 0 Å². The number of thioether (sulfide) groups is 1. The van der Waals surface area contributed by atoms with Crippen molar-refractivity contribution in [3.8, 4) is 0 Å². The van der Waals surface area contributed by atoms with E-state index in [2.05, 4.69) is 20.1 Å². The van der Waals surface area contributed by atoms with E-state index >= 15 is 0 Å². The van der Waals surface area contributed by atoms with Gasteiger partial charge in [-0.25, -0.2) is 0 Å². The van der Waals surface area contributed by atoms with Crippen molar-refractivity contribution < 1.29 is 18.0 Å². The number of rotatable bonds is 6. The molecular weight excluding hydrogens is 413 g/mol. The Morgan fingerprint density at radius 1 is 1.29 bits per heavy atom. The van der Waals surface area contributed by atoms with Crippen molar-refractivity contribution in [3.63, 3.8) is 0 Å². The molecule has 10 heteroatoms. The van der Waals surface area contributed by atoms with Gasteiger partial charge in [0, 0.05) is 17.6 Å². The summed E-state index contributed by atoms with van der Waals surface area (Å²) in [4.78, 5) is 12.5. The number of benzene rings is 1. The first kappa shape index (κ1) is 19.6. The molecule has 1 aromatic carbocycles. The van der Waals surface area contributed by atoms with Crippen molar-refractivity contribution in [1.29, 1.82) is 0 Å². The molecule has 1 unspecified atom stereocenters. The van der Waals surface area contributed by atoms with Gasteiger partial charge < -0.3 is 9.88 Å². The van der Waals surface area contributed by atoms with Gasteiger partial charge in [0.05, 0.1) is 15.8 Å². The first-order valence-electron chi connectivity index (χ1n) is 9.03. The maximum absolute atomic E-state index is 13.0. The number of hydrogen-bond acceptors (Lipinski definition) is 4. The Labute approximate surface area is 169 Å².